The number of benzene rings is 1. The molecule has 0 aliphatic heterocycles. The van der Waals surface area contributed by atoms with Gasteiger partial charge >= 0.3 is 5.97 Å². The van der Waals surface area contributed by atoms with Crippen LogP contribution in [0.2, 0.25) is 0 Å². The number of furan rings is 1. The Kier molecular flexibility index (Phi) is 3.74. The molecule has 104 valence electrons. The zero-order valence-electron chi connectivity index (χ0n) is 11.0. The lowest BCUT2D eigenvalue weighted by Crippen LogP contribution is -2.12. The van der Waals surface area contributed by atoms with Crippen molar-refractivity contribution >= 4 is 17.6 Å². The van der Waals surface area contributed by atoms with Crippen LogP contribution in [0.3, 0.4) is 0 Å². The summed E-state index contributed by atoms with van der Waals surface area (Å²) < 4.78 is 10.1. The number of rotatable bonds is 4. The highest BCUT2D eigenvalue weighted by molar-refractivity contribution is 6.03. The van der Waals surface area contributed by atoms with E-state index in [0.717, 1.165) is 5.56 Å². The maximum absolute atomic E-state index is 12.0. The van der Waals surface area contributed by atoms with Crippen molar-refractivity contribution in [2.75, 3.05) is 12.4 Å². The van der Waals surface area contributed by atoms with Crippen molar-refractivity contribution in [1.82, 2.24) is 0 Å². The number of hydrogen-bond acceptors (Lipinski definition) is 4. The molecule has 1 aromatic heterocycles. The van der Waals surface area contributed by atoms with Crippen LogP contribution in [0, 0.1) is 6.92 Å². The zero-order chi connectivity index (χ0) is 14.7. The van der Waals surface area contributed by atoms with Gasteiger partial charge in [0.25, 0.3) is 5.91 Å². The van der Waals surface area contributed by atoms with Crippen LogP contribution in [0.5, 0.6) is 5.75 Å². The molecule has 0 unspecified atom stereocenters. The van der Waals surface area contributed by atoms with Gasteiger partial charge in [-0.2, -0.15) is 0 Å². The van der Waals surface area contributed by atoms with Gasteiger partial charge in [-0.3, -0.25) is 4.79 Å². The summed E-state index contributed by atoms with van der Waals surface area (Å²) in [6.07, 6.45) is 1.43. The summed E-state index contributed by atoms with van der Waals surface area (Å²) in [5.41, 5.74) is 1.17. The topological polar surface area (TPSA) is 88.8 Å². The Morgan fingerprint density at radius 1 is 1.30 bits per heavy atom. The maximum Gasteiger partial charge on any atom is 0.339 e. The fourth-order valence-electron chi connectivity index (χ4n) is 1.74. The Labute approximate surface area is 115 Å². The molecule has 2 N–H and O–H groups in total. The zero-order valence-corrected chi connectivity index (χ0v) is 11.0. The molecule has 6 heteroatoms. The molecule has 1 amide bonds. The molecule has 1 heterocycles. The summed E-state index contributed by atoms with van der Waals surface area (Å²) in [6, 6.07) is 5.98. The minimum Gasteiger partial charge on any atom is -0.496 e. The Balaban J connectivity index is 2.24. The minimum atomic E-state index is -1.10. The minimum absolute atomic E-state index is 0.0275. The third-order valence-electron chi connectivity index (χ3n) is 2.76. The molecule has 0 fully saturated rings. The average molecular weight is 275 g/mol. The number of nitrogens with one attached hydrogen (secondary N) is 1. The normalized spacial score (nSPS) is 10.1. The number of carboxylic acids is 1. The molecule has 2 rings (SSSR count). The fourth-order valence-corrected chi connectivity index (χ4v) is 1.74. The fraction of sp³-hybridized carbons (Fsp3) is 0.143. The van der Waals surface area contributed by atoms with E-state index >= 15 is 0 Å². The number of carbonyl (C=O) groups is 2. The van der Waals surface area contributed by atoms with Crippen molar-refractivity contribution in [2.24, 2.45) is 0 Å². The van der Waals surface area contributed by atoms with Crippen LogP contribution < -0.4 is 10.1 Å². The highest BCUT2D eigenvalue weighted by Crippen LogP contribution is 2.24. The summed E-state index contributed by atoms with van der Waals surface area (Å²) >= 11 is 0. The molecule has 0 aliphatic carbocycles. The van der Waals surface area contributed by atoms with E-state index in [2.05, 4.69) is 5.32 Å². The van der Waals surface area contributed by atoms with Gasteiger partial charge in [0.15, 0.2) is 5.76 Å². The van der Waals surface area contributed by atoms with Crippen LogP contribution in [-0.4, -0.2) is 24.1 Å². The first-order valence-corrected chi connectivity index (χ1v) is 5.79. The molecule has 6 nitrogen and oxygen atoms in total. The van der Waals surface area contributed by atoms with E-state index in [0.29, 0.717) is 5.69 Å². The number of ether oxygens (including phenoxy) is 1. The molecule has 0 bridgehead atoms. The number of carbonyl (C=O) groups excluding carboxylic acids is 1. The number of methoxy groups -OCH3 is 1. The molecular formula is C14H13NO5. The van der Waals surface area contributed by atoms with E-state index in [1.807, 2.05) is 0 Å². The monoisotopic (exact) mass is 275 g/mol. The number of anilines is 1. The number of hydrogen-bond donors (Lipinski definition) is 2. The van der Waals surface area contributed by atoms with E-state index in [9.17, 15) is 9.59 Å². The number of aromatic carboxylic acids is 1. The van der Waals surface area contributed by atoms with Crippen LogP contribution in [-0.2, 0) is 0 Å². The van der Waals surface area contributed by atoms with E-state index in [4.69, 9.17) is 14.3 Å². The Morgan fingerprint density at radius 2 is 2.05 bits per heavy atom. The van der Waals surface area contributed by atoms with Gasteiger partial charge in [-0.1, -0.05) is 0 Å². The maximum atomic E-state index is 12.0. The smallest absolute Gasteiger partial charge is 0.339 e. The van der Waals surface area contributed by atoms with Crippen LogP contribution >= 0.6 is 0 Å². The lowest BCUT2D eigenvalue weighted by molar-refractivity contribution is 0.0693. The molecule has 0 atom stereocenters. The molecule has 0 spiro atoms. The second-order valence-electron chi connectivity index (χ2n) is 4.11. The van der Waals surface area contributed by atoms with Crippen LogP contribution in [0.25, 0.3) is 0 Å². The van der Waals surface area contributed by atoms with Crippen LogP contribution in [0.15, 0.2) is 34.9 Å². The summed E-state index contributed by atoms with van der Waals surface area (Å²) in [6.45, 7) is 1.76. The van der Waals surface area contributed by atoms with E-state index in [-0.39, 0.29) is 17.1 Å². The van der Waals surface area contributed by atoms with E-state index in [1.54, 1.807) is 13.0 Å². The Hall–Kier alpha value is -2.76. The van der Waals surface area contributed by atoms with Gasteiger partial charge in [0.05, 0.1) is 13.4 Å². The first-order valence-electron chi connectivity index (χ1n) is 5.79. The van der Waals surface area contributed by atoms with Gasteiger partial charge in [0, 0.05) is 17.3 Å². The molecule has 0 saturated heterocycles. The van der Waals surface area contributed by atoms with Gasteiger partial charge in [-0.15, -0.1) is 0 Å². The predicted octanol–water partition coefficient (Wildman–Crippen LogP) is 2.55. The molecular weight excluding hydrogens is 262 g/mol. The quantitative estimate of drug-likeness (QED) is 0.895. The molecule has 20 heavy (non-hydrogen) atoms. The van der Waals surface area contributed by atoms with Gasteiger partial charge in [0.1, 0.15) is 11.3 Å². The third-order valence-corrected chi connectivity index (χ3v) is 2.76. The summed E-state index contributed by atoms with van der Waals surface area (Å²) in [7, 11) is 1.37. The highest BCUT2D eigenvalue weighted by Gasteiger charge is 2.15. The Morgan fingerprint density at radius 3 is 2.60 bits per heavy atom. The van der Waals surface area contributed by atoms with Crippen molar-refractivity contribution in [2.45, 2.75) is 6.92 Å². The second-order valence-corrected chi connectivity index (χ2v) is 4.11. The second kappa shape index (κ2) is 5.48. The first-order chi connectivity index (χ1) is 9.52. The van der Waals surface area contributed by atoms with Crippen LogP contribution in [0.1, 0.15) is 26.5 Å². The van der Waals surface area contributed by atoms with Gasteiger partial charge in [-0.25, -0.2) is 4.79 Å². The standard InChI is InChI=1S/C14H13NO5/c1-8-5-6-20-12(8)13(16)15-9-3-4-10(14(17)18)11(7-9)19-2/h3-7H,1-2H3,(H,15,16)(H,17,18). The van der Waals surface area contributed by atoms with Gasteiger partial charge in [-0.05, 0) is 25.1 Å². The van der Waals surface area contributed by atoms with E-state index < -0.39 is 11.9 Å². The average Bonchev–Trinajstić information content (AvgIpc) is 2.84. The molecule has 0 saturated carbocycles. The lowest BCUT2D eigenvalue weighted by atomic mass is 10.1. The number of aryl methyl sites for hydroxylation is 1. The van der Waals surface area contributed by atoms with E-state index in [1.165, 1.54) is 31.6 Å². The van der Waals surface area contributed by atoms with Crippen molar-refractivity contribution < 1.29 is 23.8 Å². The molecule has 2 aromatic rings. The van der Waals surface area contributed by atoms with Crippen molar-refractivity contribution in [3.63, 3.8) is 0 Å². The largest absolute Gasteiger partial charge is 0.496 e. The van der Waals surface area contributed by atoms with Gasteiger partial charge in [0.2, 0.25) is 0 Å². The van der Waals surface area contributed by atoms with Gasteiger partial charge < -0.3 is 19.6 Å². The summed E-state index contributed by atoms with van der Waals surface area (Å²) in [5, 5.41) is 11.6. The molecule has 0 radical (unpaired) electrons. The number of carboxylic acid groups (broad SMARTS) is 1. The van der Waals surface area contributed by atoms with Crippen LogP contribution in [0.4, 0.5) is 5.69 Å². The molecule has 0 aliphatic rings. The number of amides is 1. The third kappa shape index (κ3) is 2.64. The SMILES string of the molecule is COc1cc(NC(=O)c2occc2C)ccc1C(=O)O. The molecule has 1 aromatic carbocycles. The summed E-state index contributed by atoms with van der Waals surface area (Å²) in [5.74, 6) is -1.11. The predicted molar refractivity (Wildman–Crippen MR) is 71.4 cm³/mol. The summed E-state index contributed by atoms with van der Waals surface area (Å²) in [4.78, 5) is 22.9. The van der Waals surface area contributed by atoms with Crippen molar-refractivity contribution in [1.29, 1.82) is 0 Å². The first kappa shape index (κ1) is 13.7. The van der Waals surface area contributed by atoms with Crippen molar-refractivity contribution in [3.8, 4) is 5.75 Å². The lowest BCUT2D eigenvalue weighted by Gasteiger charge is -2.08. The van der Waals surface area contributed by atoms with Crippen molar-refractivity contribution in [3.05, 3.63) is 47.4 Å². The highest BCUT2D eigenvalue weighted by atomic mass is 16.5. The Bertz CT molecular complexity index is 659.